The van der Waals surface area contributed by atoms with Crippen molar-refractivity contribution in [3.8, 4) is 11.5 Å². The summed E-state index contributed by atoms with van der Waals surface area (Å²) in [5, 5.41) is 4.58. The summed E-state index contributed by atoms with van der Waals surface area (Å²) in [5.74, 6) is 0.121. The van der Waals surface area contributed by atoms with Crippen LogP contribution in [-0.2, 0) is 4.79 Å². The van der Waals surface area contributed by atoms with Gasteiger partial charge in [-0.05, 0) is 43.5 Å². The third-order valence-electron chi connectivity index (χ3n) is 4.70. The average molecular weight is 467 g/mol. The minimum Gasteiger partial charge on any atom is -0.490 e. The molecule has 0 aliphatic carbocycles. The van der Waals surface area contributed by atoms with Crippen LogP contribution in [0.5, 0.6) is 11.5 Å². The third-order valence-corrected chi connectivity index (χ3v) is 5.57. The van der Waals surface area contributed by atoms with Crippen LogP contribution in [0.25, 0.3) is 0 Å². The number of likely N-dealkylation sites (N-methyl/N-ethyl adjacent to an activating group) is 1. The number of anilines is 1. The number of nitrogens with zero attached hydrogens (tertiary/aromatic N) is 1. The van der Waals surface area contributed by atoms with Crippen molar-refractivity contribution in [2.75, 3.05) is 32.1 Å². The maximum atomic E-state index is 13.0. The average Bonchev–Trinajstić information content (AvgIpc) is 3.35. The van der Waals surface area contributed by atoms with Gasteiger partial charge in [0.2, 0.25) is 11.7 Å². The number of hydrogen-bond donors (Lipinski definition) is 1. The van der Waals surface area contributed by atoms with Gasteiger partial charge in [-0.25, -0.2) is 0 Å². The van der Waals surface area contributed by atoms with Gasteiger partial charge in [-0.1, -0.05) is 24.3 Å². The highest BCUT2D eigenvalue weighted by molar-refractivity contribution is 7.12. The molecule has 0 radical (unpaired) electrons. The maximum absolute atomic E-state index is 13.0. The van der Waals surface area contributed by atoms with E-state index >= 15 is 0 Å². The molecule has 33 heavy (non-hydrogen) atoms. The minimum atomic E-state index is -0.410. The van der Waals surface area contributed by atoms with Crippen LogP contribution in [0.3, 0.4) is 0 Å². The summed E-state index contributed by atoms with van der Waals surface area (Å²) in [6, 6.07) is 15.3. The first-order valence-electron chi connectivity index (χ1n) is 10.6. The van der Waals surface area contributed by atoms with Crippen LogP contribution < -0.4 is 14.8 Å². The summed E-state index contributed by atoms with van der Waals surface area (Å²) in [6.45, 7) is 4.51. The van der Waals surface area contributed by atoms with Gasteiger partial charge < -0.3 is 19.7 Å². The van der Waals surface area contributed by atoms with Gasteiger partial charge in [0, 0.05) is 24.4 Å². The molecule has 3 aromatic rings. The normalized spacial score (nSPS) is 10.4. The zero-order valence-corrected chi connectivity index (χ0v) is 19.6. The van der Waals surface area contributed by atoms with E-state index in [2.05, 4.69) is 5.32 Å². The van der Waals surface area contributed by atoms with E-state index in [9.17, 15) is 14.4 Å². The molecule has 0 bridgehead atoms. The topological polar surface area (TPSA) is 84.9 Å². The molecule has 7 nitrogen and oxygen atoms in total. The third kappa shape index (κ3) is 5.98. The highest BCUT2D eigenvalue weighted by Crippen LogP contribution is 2.30. The highest BCUT2D eigenvalue weighted by atomic mass is 32.1. The quantitative estimate of drug-likeness (QED) is 0.445. The predicted molar refractivity (Wildman–Crippen MR) is 129 cm³/mol. The van der Waals surface area contributed by atoms with Crippen molar-refractivity contribution in [1.82, 2.24) is 4.90 Å². The Morgan fingerprint density at radius 3 is 2.27 bits per heavy atom. The Kier molecular flexibility index (Phi) is 8.21. The lowest BCUT2D eigenvalue weighted by Crippen LogP contribution is -2.35. The van der Waals surface area contributed by atoms with Crippen molar-refractivity contribution in [2.45, 2.75) is 13.8 Å². The van der Waals surface area contributed by atoms with E-state index in [1.54, 1.807) is 54.6 Å². The minimum absolute atomic E-state index is 0.183. The van der Waals surface area contributed by atoms with Crippen molar-refractivity contribution in [1.29, 1.82) is 0 Å². The predicted octanol–water partition coefficient (Wildman–Crippen LogP) is 4.49. The molecule has 2 aromatic carbocycles. The summed E-state index contributed by atoms with van der Waals surface area (Å²) >= 11 is 1.32. The van der Waals surface area contributed by atoms with Crippen LogP contribution in [-0.4, -0.2) is 49.3 Å². The molecule has 0 aliphatic rings. The van der Waals surface area contributed by atoms with Gasteiger partial charge in [0.15, 0.2) is 11.5 Å². The first-order valence-corrected chi connectivity index (χ1v) is 11.4. The lowest BCUT2D eigenvalue weighted by molar-refractivity contribution is -0.116. The molecule has 0 unspecified atom stereocenters. The highest BCUT2D eigenvalue weighted by Gasteiger charge is 2.22. The number of benzene rings is 2. The number of carbonyl (C=O) groups excluding carboxylic acids is 3. The van der Waals surface area contributed by atoms with E-state index in [1.807, 2.05) is 19.2 Å². The van der Waals surface area contributed by atoms with Crippen LogP contribution >= 0.6 is 11.3 Å². The Bertz CT molecular complexity index is 1130. The fraction of sp³-hybridized carbons (Fsp3) is 0.240. The van der Waals surface area contributed by atoms with E-state index in [4.69, 9.17) is 9.47 Å². The lowest BCUT2D eigenvalue weighted by atomic mass is 10.0. The summed E-state index contributed by atoms with van der Waals surface area (Å²) < 4.78 is 11.1. The molecular weight excluding hydrogens is 440 g/mol. The van der Waals surface area contributed by atoms with Gasteiger partial charge in [-0.2, -0.15) is 0 Å². The van der Waals surface area contributed by atoms with Crippen molar-refractivity contribution >= 4 is 34.6 Å². The number of amides is 2. The molecular formula is C25H26N2O5S. The fourth-order valence-corrected chi connectivity index (χ4v) is 3.91. The molecule has 1 heterocycles. The molecule has 172 valence electrons. The molecule has 0 spiro atoms. The zero-order chi connectivity index (χ0) is 23.8. The van der Waals surface area contributed by atoms with E-state index < -0.39 is 5.91 Å². The number of nitrogens with one attached hydrogen (secondary N) is 1. The summed E-state index contributed by atoms with van der Waals surface area (Å²) in [4.78, 5) is 40.3. The van der Waals surface area contributed by atoms with Crippen molar-refractivity contribution < 1.29 is 23.9 Å². The Labute approximate surface area is 196 Å². The van der Waals surface area contributed by atoms with E-state index in [-0.39, 0.29) is 23.8 Å². The van der Waals surface area contributed by atoms with Crippen LogP contribution in [0.2, 0.25) is 0 Å². The van der Waals surface area contributed by atoms with E-state index in [1.165, 1.54) is 23.3 Å². The number of carbonyl (C=O) groups is 3. The standard InChI is InChI=1S/C25H26N2O5S/c1-4-31-20-13-12-17(15-21(20)32-5-2)26-23(28)16-27(3)25(30)19-10-7-6-9-18(19)24(29)22-11-8-14-33-22/h6-15H,4-5,16H2,1-3H3,(H,26,28). The lowest BCUT2D eigenvalue weighted by Gasteiger charge is -2.19. The van der Waals surface area contributed by atoms with E-state index in [0.29, 0.717) is 40.8 Å². The monoisotopic (exact) mass is 466 g/mol. The van der Waals surface area contributed by atoms with Crippen molar-refractivity contribution in [3.05, 3.63) is 76.0 Å². The molecule has 0 fully saturated rings. The summed E-state index contributed by atoms with van der Waals surface area (Å²) in [7, 11) is 1.53. The molecule has 0 aliphatic heterocycles. The molecule has 0 atom stereocenters. The Hall–Kier alpha value is -3.65. The first-order chi connectivity index (χ1) is 15.9. The van der Waals surface area contributed by atoms with Gasteiger partial charge >= 0.3 is 0 Å². The number of rotatable bonds is 10. The van der Waals surface area contributed by atoms with Gasteiger partial charge in [0.05, 0.1) is 30.2 Å². The fourth-order valence-electron chi connectivity index (χ4n) is 3.23. The molecule has 0 saturated carbocycles. The largest absolute Gasteiger partial charge is 0.490 e. The molecule has 1 aromatic heterocycles. The second kappa shape index (κ2) is 11.3. The Balaban J connectivity index is 1.70. The van der Waals surface area contributed by atoms with Gasteiger partial charge in [0.25, 0.3) is 5.91 Å². The van der Waals surface area contributed by atoms with Crippen LogP contribution in [0, 0.1) is 0 Å². The second-order valence-corrected chi connectivity index (χ2v) is 8.04. The SMILES string of the molecule is CCOc1ccc(NC(=O)CN(C)C(=O)c2ccccc2C(=O)c2cccs2)cc1OCC. The summed E-state index contributed by atoms with van der Waals surface area (Å²) in [5.41, 5.74) is 1.09. The van der Waals surface area contributed by atoms with Crippen LogP contribution in [0.1, 0.15) is 39.4 Å². The molecule has 0 saturated heterocycles. The van der Waals surface area contributed by atoms with Gasteiger partial charge in [-0.3, -0.25) is 14.4 Å². The Morgan fingerprint density at radius 1 is 0.909 bits per heavy atom. The number of thiophene rings is 1. The molecule has 2 amide bonds. The second-order valence-electron chi connectivity index (χ2n) is 7.09. The van der Waals surface area contributed by atoms with Crippen molar-refractivity contribution in [2.24, 2.45) is 0 Å². The number of hydrogen-bond acceptors (Lipinski definition) is 6. The van der Waals surface area contributed by atoms with Crippen LogP contribution in [0.15, 0.2) is 60.0 Å². The van der Waals surface area contributed by atoms with Gasteiger partial charge in [-0.15, -0.1) is 11.3 Å². The van der Waals surface area contributed by atoms with E-state index in [0.717, 1.165) is 0 Å². The van der Waals surface area contributed by atoms with Gasteiger partial charge in [0.1, 0.15) is 0 Å². The number of ketones is 1. The maximum Gasteiger partial charge on any atom is 0.254 e. The van der Waals surface area contributed by atoms with Crippen LogP contribution in [0.4, 0.5) is 5.69 Å². The first kappa shape index (κ1) is 24.0. The Morgan fingerprint density at radius 2 is 1.61 bits per heavy atom. The smallest absolute Gasteiger partial charge is 0.254 e. The molecule has 1 N–H and O–H groups in total. The molecule has 8 heteroatoms. The zero-order valence-electron chi connectivity index (χ0n) is 18.8. The van der Waals surface area contributed by atoms with Crippen molar-refractivity contribution in [3.63, 3.8) is 0 Å². The molecule has 3 rings (SSSR count). The summed E-state index contributed by atoms with van der Waals surface area (Å²) in [6.07, 6.45) is 0. The number of ether oxygens (including phenoxy) is 2.